The Bertz CT molecular complexity index is 294. The van der Waals surface area contributed by atoms with Crippen LogP contribution in [0.2, 0.25) is 0 Å². The zero-order valence-corrected chi connectivity index (χ0v) is 9.31. The van der Waals surface area contributed by atoms with E-state index in [1.54, 1.807) is 11.1 Å². The zero-order chi connectivity index (χ0) is 11.4. The molecule has 0 fully saturated rings. The van der Waals surface area contributed by atoms with E-state index >= 15 is 0 Å². The summed E-state index contributed by atoms with van der Waals surface area (Å²) in [6.45, 7) is 4.96. The molecule has 1 rings (SSSR count). The second-order valence-corrected chi connectivity index (χ2v) is 4.06. The zero-order valence-electron chi connectivity index (χ0n) is 9.31. The number of nitrogens with two attached hydrogens (primary N) is 2. The number of carbonyl (C=O) groups is 1. The lowest BCUT2D eigenvalue weighted by molar-refractivity contribution is -0.130. The van der Waals surface area contributed by atoms with E-state index in [9.17, 15) is 4.79 Å². The molecule has 1 atom stereocenters. The van der Waals surface area contributed by atoms with Crippen molar-refractivity contribution < 1.29 is 4.79 Å². The average Bonchev–Trinajstić information content (AvgIpc) is 2.27. The van der Waals surface area contributed by atoms with Gasteiger partial charge in [0.15, 0.2) is 0 Å². The van der Waals surface area contributed by atoms with E-state index in [1.807, 2.05) is 26.0 Å². The van der Waals surface area contributed by atoms with Crippen molar-refractivity contribution >= 4 is 5.91 Å². The first-order valence-electron chi connectivity index (χ1n) is 5.19. The van der Waals surface area contributed by atoms with Crippen molar-refractivity contribution in [2.45, 2.75) is 19.9 Å². The van der Waals surface area contributed by atoms with Crippen molar-refractivity contribution in [2.24, 2.45) is 17.4 Å². The van der Waals surface area contributed by atoms with E-state index in [1.165, 1.54) is 0 Å². The maximum atomic E-state index is 11.8. The van der Waals surface area contributed by atoms with Crippen LogP contribution < -0.4 is 11.5 Å². The maximum Gasteiger partial charge on any atom is 0.243 e. The van der Waals surface area contributed by atoms with Gasteiger partial charge in [-0.2, -0.15) is 0 Å². The first kappa shape index (κ1) is 11.9. The van der Waals surface area contributed by atoms with Gasteiger partial charge in [0.2, 0.25) is 5.91 Å². The van der Waals surface area contributed by atoms with Crippen LogP contribution in [0.15, 0.2) is 23.9 Å². The Labute approximate surface area is 90.6 Å². The largest absolute Gasteiger partial charge is 0.327 e. The lowest BCUT2D eigenvalue weighted by atomic mass is 10.0. The molecular formula is C11H19N3O. The molecule has 0 aromatic heterocycles. The molecule has 84 valence electrons. The van der Waals surface area contributed by atoms with Crippen molar-refractivity contribution in [1.29, 1.82) is 0 Å². The lowest BCUT2D eigenvalue weighted by Gasteiger charge is -2.25. The van der Waals surface area contributed by atoms with Crippen molar-refractivity contribution in [2.75, 3.05) is 13.1 Å². The Morgan fingerprint density at radius 3 is 2.67 bits per heavy atom. The van der Waals surface area contributed by atoms with Gasteiger partial charge in [0, 0.05) is 19.3 Å². The van der Waals surface area contributed by atoms with Crippen LogP contribution in [0.1, 0.15) is 13.8 Å². The second-order valence-electron chi connectivity index (χ2n) is 4.06. The highest BCUT2D eigenvalue weighted by atomic mass is 16.2. The highest BCUT2D eigenvalue weighted by molar-refractivity contribution is 5.83. The topological polar surface area (TPSA) is 72.4 Å². The number of carbonyl (C=O) groups excluding carboxylic acids is 1. The lowest BCUT2D eigenvalue weighted by Crippen LogP contribution is -2.45. The molecule has 1 amide bonds. The summed E-state index contributed by atoms with van der Waals surface area (Å²) < 4.78 is 0. The van der Waals surface area contributed by atoms with Gasteiger partial charge in [-0.3, -0.25) is 4.79 Å². The van der Waals surface area contributed by atoms with Crippen molar-refractivity contribution in [3.63, 3.8) is 0 Å². The third kappa shape index (κ3) is 2.91. The molecule has 0 saturated carbocycles. The van der Waals surface area contributed by atoms with E-state index in [-0.39, 0.29) is 11.8 Å². The molecule has 0 aliphatic carbocycles. The van der Waals surface area contributed by atoms with Gasteiger partial charge < -0.3 is 16.4 Å². The summed E-state index contributed by atoms with van der Waals surface area (Å²) in [5.41, 5.74) is 12.3. The molecular weight excluding hydrogens is 190 g/mol. The molecule has 0 spiro atoms. The Kier molecular flexibility index (Phi) is 4.05. The smallest absolute Gasteiger partial charge is 0.243 e. The molecule has 0 bridgehead atoms. The van der Waals surface area contributed by atoms with Crippen LogP contribution in [0.25, 0.3) is 0 Å². The van der Waals surface area contributed by atoms with E-state index in [4.69, 9.17) is 11.5 Å². The van der Waals surface area contributed by atoms with E-state index in [2.05, 4.69) is 0 Å². The molecule has 0 saturated heterocycles. The molecule has 0 unspecified atom stereocenters. The quantitative estimate of drug-likeness (QED) is 0.698. The number of hydrogen-bond donors (Lipinski definition) is 2. The highest BCUT2D eigenvalue weighted by Gasteiger charge is 2.22. The molecule has 0 aromatic carbocycles. The fourth-order valence-corrected chi connectivity index (χ4v) is 1.32. The van der Waals surface area contributed by atoms with Gasteiger partial charge in [0.1, 0.15) is 0 Å². The summed E-state index contributed by atoms with van der Waals surface area (Å²) >= 11 is 0. The van der Waals surface area contributed by atoms with Gasteiger partial charge in [0.25, 0.3) is 0 Å². The van der Waals surface area contributed by atoms with Gasteiger partial charge in [-0.1, -0.05) is 19.9 Å². The number of amides is 1. The number of hydrogen-bond acceptors (Lipinski definition) is 3. The fraction of sp³-hybridized carbons (Fsp3) is 0.545. The van der Waals surface area contributed by atoms with Crippen molar-refractivity contribution in [3.8, 4) is 0 Å². The standard InChI is InChI=1S/C11H19N3O/c1-8(2)10(13)11(15)14-5-3-9(7-12)4-6-14/h3-5,8,10H,6-7,12-13H2,1-2H3/t10-/m0/s1. The molecule has 1 aliphatic heterocycles. The van der Waals surface area contributed by atoms with Gasteiger partial charge in [0.05, 0.1) is 6.04 Å². The van der Waals surface area contributed by atoms with E-state index < -0.39 is 6.04 Å². The van der Waals surface area contributed by atoms with Crippen LogP contribution in [0.5, 0.6) is 0 Å². The molecule has 1 heterocycles. The molecule has 4 N–H and O–H groups in total. The fourth-order valence-electron chi connectivity index (χ4n) is 1.32. The predicted octanol–water partition coefficient (Wildman–Crippen LogP) is 0.211. The van der Waals surface area contributed by atoms with Crippen LogP contribution in [0.4, 0.5) is 0 Å². The molecule has 0 radical (unpaired) electrons. The summed E-state index contributed by atoms with van der Waals surface area (Å²) in [4.78, 5) is 13.5. The van der Waals surface area contributed by atoms with Crippen molar-refractivity contribution in [3.05, 3.63) is 23.9 Å². The maximum absolute atomic E-state index is 11.8. The Balaban J connectivity index is 2.59. The summed E-state index contributed by atoms with van der Waals surface area (Å²) in [5.74, 6) is 0.124. The van der Waals surface area contributed by atoms with Crippen LogP contribution in [0, 0.1) is 5.92 Å². The van der Waals surface area contributed by atoms with E-state index in [0.717, 1.165) is 5.57 Å². The van der Waals surface area contributed by atoms with Gasteiger partial charge in [-0.25, -0.2) is 0 Å². The minimum absolute atomic E-state index is 0.0337. The predicted molar refractivity (Wildman–Crippen MR) is 60.8 cm³/mol. The highest BCUT2D eigenvalue weighted by Crippen LogP contribution is 2.09. The molecule has 4 nitrogen and oxygen atoms in total. The van der Waals surface area contributed by atoms with Crippen LogP contribution in [-0.2, 0) is 4.79 Å². The number of rotatable bonds is 3. The Hall–Kier alpha value is -1.13. The van der Waals surface area contributed by atoms with Gasteiger partial charge in [-0.05, 0) is 17.6 Å². The van der Waals surface area contributed by atoms with Crippen molar-refractivity contribution in [1.82, 2.24) is 4.90 Å². The molecule has 4 heteroatoms. The third-order valence-corrected chi connectivity index (χ3v) is 2.54. The third-order valence-electron chi connectivity index (χ3n) is 2.54. The minimum atomic E-state index is -0.428. The minimum Gasteiger partial charge on any atom is -0.327 e. The summed E-state index contributed by atoms with van der Waals surface area (Å²) in [6.07, 6.45) is 5.56. The summed E-state index contributed by atoms with van der Waals surface area (Å²) in [7, 11) is 0. The van der Waals surface area contributed by atoms with E-state index in [0.29, 0.717) is 13.1 Å². The number of nitrogens with zero attached hydrogens (tertiary/aromatic N) is 1. The van der Waals surface area contributed by atoms with Gasteiger partial charge in [-0.15, -0.1) is 0 Å². The monoisotopic (exact) mass is 209 g/mol. The van der Waals surface area contributed by atoms with Crippen LogP contribution >= 0.6 is 0 Å². The normalized spacial score (nSPS) is 17.9. The van der Waals surface area contributed by atoms with Crippen LogP contribution in [-0.4, -0.2) is 29.9 Å². The summed E-state index contributed by atoms with van der Waals surface area (Å²) in [6, 6.07) is -0.428. The first-order chi connectivity index (χ1) is 7.06. The average molecular weight is 209 g/mol. The Morgan fingerprint density at radius 2 is 2.27 bits per heavy atom. The SMILES string of the molecule is CC(C)[C@H](N)C(=O)N1C=CC(CN)=CC1. The molecule has 0 aromatic rings. The second kappa shape index (κ2) is 5.09. The first-order valence-corrected chi connectivity index (χ1v) is 5.19. The van der Waals surface area contributed by atoms with Crippen LogP contribution in [0.3, 0.4) is 0 Å². The Morgan fingerprint density at radius 1 is 1.60 bits per heavy atom. The molecule has 1 aliphatic rings. The molecule has 15 heavy (non-hydrogen) atoms. The summed E-state index contributed by atoms with van der Waals surface area (Å²) in [5, 5.41) is 0. The van der Waals surface area contributed by atoms with Gasteiger partial charge >= 0.3 is 0 Å².